The van der Waals surface area contributed by atoms with E-state index >= 15 is 0 Å². The van der Waals surface area contributed by atoms with Crippen molar-refractivity contribution in [1.29, 1.82) is 0 Å². The Morgan fingerprint density at radius 2 is 2.05 bits per heavy atom. The molecule has 2 rings (SSSR count). The molecular formula is C17H28N2O. The molecule has 0 aromatic heterocycles. The predicted octanol–water partition coefficient (Wildman–Crippen LogP) is 2.19. The van der Waals surface area contributed by atoms with Crippen molar-refractivity contribution in [2.75, 3.05) is 26.7 Å². The van der Waals surface area contributed by atoms with Crippen LogP contribution in [0.2, 0.25) is 0 Å². The van der Waals surface area contributed by atoms with Crippen molar-refractivity contribution in [2.24, 2.45) is 0 Å². The number of aliphatic hydroxyl groups excluding tert-OH is 1. The Bertz CT molecular complexity index is 407. The van der Waals surface area contributed by atoms with E-state index < -0.39 is 0 Å². The van der Waals surface area contributed by atoms with E-state index in [0.29, 0.717) is 0 Å². The fraction of sp³-hybridized carbons (Fsp3) is 0.647. The number of nitrogens with zero attached hydrogens (tertiary/aromatic N) is 1. The molecule has 0 saturated carbocycles. The first-order chi connectivity index (χ1) is 9.73. The van der Waals surface area contributed by atoms with Crippen LogP contribution >= 0.6 is 0 Å². The van der Waals surface area contributed by atoms with Crippen LogP contribution in [0.25, 0.3) is 0 Å². The lowest BCUT2D eigenvalue weighted by atomic mass is 9.91. The summed E-state index contributed by atoms with van der Waals surface area (Å²) in [6, 6.07) is 8.77. The molecule has 0 aliphatic carbocycles. The van der Waals surface area contributed by atoms with Crippen LogP contribution in [0.5, 0.6) is 0 Å². The number of aliphatic hydroxyl groups is 1. The maximum Gasteiger partial charge on any atom is 0.0613 e. The quantitative estimate of drug-likeness (QED) is 0.801. The minimum absolute atomic E-state index is 0.0896. The highest BCUT2D eigenvalue weighted by Crippen LogP contribution is 2.21. The second-order valence-corrected chi connectivity index (χ2v) is 5.94. The molecule has 3 heteroatoms. The van der Waals surface area contributed by atoms with Crippen LogP contribution in [0.3, 0.4) is 0 Å². The van der Waals surface area contributed by atoms with E-state index in [1.54, 1.807) is 0 Å². The number of hydrogen-bond donors (Lipinski definition) is 2. The SMILES string of the molecule is CCC(CO)(CCCN1CCc2ccccc2C1)NC. The van der Waals surface area contributed by atoms with Crippen LogP contribution in [0.1, 0.15) is 37.3 Å². The van der Waals surface area contributed by atoms with Crippen LogP contribution in [-0.4, -0.2) is 42.3 Å². The van der Waals surface area contributed by atoms with Gasteiger partial charge < -0.3 is 10.4 Å². The lowest BCUT2D eigenvalue weighted by Gasteiger charge is -2.33. The number of rotatable bonds is 7. The lowest BCUT2D eigenvalue weighted by molar-refractivity contribution is 0.144. The maximum absolute atomic E-state index is 9.57. The van der Waals surface area contributed by atoms with Crippen LogP contribution < -0.4 is 5.32 Å². The highest BCUT2D eigenvalue weighted by atomic mass is 16.3. The molecule has 0 saturated heterocycles. The zero-order valence-electron chi connectivity index (χ0n) is 12.9. The summed E-state index contributed by atoms with van der Waals surface area (Å²) in [5, 5.41) is 12.9. The van der Waals surface area contributed by atoms with Crippen molar-refractivity contribution >= 4 is 0 Å². The third-order valence-corrected chi connectivity index (χ3v) is 4.85. The molecule has 1 atom stereocenters. The summed E-state index contributed by atoms with van der Waals surface area (Å²) in [7, 11) is 1.96. The topological polar surface area (TPSA) is 35.5 Å². The molecule has 0 amide bonds. The lowest BCUT2D eigenvalue weighted by Crippen LogP contribution is -2.46. The van der Waals surface area contributed by atoms with Gasteiger partial charge in [-0.2, -0.15) is 0 Å². The summed E-state index contributed by atoms with van der Waals surface area (Å²) < 4.78 is 0. The molecule has 1 aliphatic rings. The van der Waals surface area contributed by atoms with Gasteiger partial charge in [-0.25, -0.2) is 0 Å². The van der Waals surface area contributed by atoms with Crippen molar-refractivity contribution in [3.63, 3.8) is 0 Å². The maximum atomic E-state index is 9.57. The van der Waals surface area contributed by atoms with Gasteiger partial charge in [0.05, 0.1) is 6.61 Å². The molecule has 3 nitrogen and oxygen atoms in total. The van der Waals surface area contributed by atoms with Gasteiger partial charge in [-0.1, -0.05) is 31.2 Å². The number of fused-ring (bicyclic) bond motifs is 1. The van der Waals surface area contributed by atoms with Crippen LogP contribution in [0.4, 0.5) is 0 Å². The molecule has 20 heavy (non-hydrogen) atoms. The number of benzene rings is 1. The van der Waals surface area contributed by atoms with E-state index in [1.807, 2.05) is 7.05 Å². The first-order valence-corrected chi connectivity index (χ1v) is 7.82. The summed E-state index contributed by atoms with van der Waals surface area (Å²) in [6.45, 7) is 5.73. The fourth-order valence-electron chi connectivity index (χ4n) is 3.13. The van der Waals surface area contributed by atoms with Crippen molar-refractivity contribution in [3.8, 4) is 0 Å². The summed E-state index contributed by atoms with van der Waals surface area (Å²) in [5.41, 5.74) is 2.90. The Hall–Kier alpha value is -0.900. The zero-order chi connectivity index (χ0) is 14.4. The van der Waals surface area contributed by atoms with E-state index in [4.69, 9.17) is 0 Å². The monoisotopic (exact) mass is 276 g/mol. The minimum atomic E-state index is -0.0896. The fourth-order valence-corrected chi connectivity index (χ4v) is 3.13. The van der Waals surface area contributed by atoms with Gasteiger partial charge in [-0.05, 0) is 50.4 Å². The van der Waals surface area contributed by atoms with Crippen LogP contribution in [-0.2, 0) is 13.0 Å². The van der Waals surface area contributed by atoms with Gasteiger partial charge in [0.1, 0.15) is 0 Å². The van der Waals surface area contributed by atoms with E-state index in [9.17, 15) is 5.11 Å². The van der Waals surface area contributed by atoms with E-state index in [-0.39, 0.29) is 12.1 Å². The van der Waals surface area contributed by atoms with Crippen molar-refractivity contribution in [1.82, 2.24) is 10.2 Å². The van der Waals surface area contributed by atoms with E-state index in [0.717, 1.165) is 38.9 Å². The van der Waals surface area contributed by atoms with Gasteiger partial charge in [0, 0.05) is 18.6 Å². The molecule has 112 valence electrons. The molecule has 1 unspecified atom stereocenters. The standard InChI is InChI=1S/C17H28N2O/c1-3-17(14-20,18-2)10-6-11-19-12-9-15-7-4-5-8-16(15)13-19/h4-5,7-8,18,20H,3,6,9-14H2,1-2H3. The third-order valence-electron chi connectivity index (χ3n) is 4.85. The first kappa shape index (κ1) is 15.5. The van der Waals surface area contributed by atoms with Crippen molar-refractivity contribution in [3.05, 3.63) is 35.4 Å². The Morgan fingerprint density at radius 1 is 1.30 bits per heavy atom. The Balaban J connectivity index is 1.81. The molecule has 2 N–H and O–H groups in total. The molecular weight excluding hydrogens is 248 g/mol. The average molecular weight is 276 g/mol. The number of hydrogen-bond acceptors (Lipinski definition) is 3. The summed E-state index contributed by atoms with van der Waals surface area (Å²) in [5.74, 6) is 0. The number of nitrogens with one attached hydrogen (secondary N) is 1. The van der Waals surface area contributed by atoms with Gasteiger partial charge in [-0.3, -0.25) is 4.90 Å². The molecule has 0 bridgehead atoms. The highest BCUT2D eigenvalue weighted by molar-refractivity contribution is 5.28. The van der Waals surface area contributed by atoms with Gasteiger partial charge in [0.15, 0.2) is 0 Å². The highest BCUT2D eigenvalue weighted by Gasteiger charge is 2.25. The average Bonchev–Trinajstić information content (AvgIpc) is 2.52. The Labute approximate surface area is 123 Å². The summed E-state index contributed by atoms with van der Waals surface area (Å²) >= 11 is 0. The van der Waals surface area contributed by atoms with Crippen molar-refractivity contribution < 1.29 is 5.11 Å². The summed E-state index contributed by atoms with van der Waals surface area (Å²) in [4.78, 5) is 2.54. The zero-order valence-corrected chi connectivity index (χ0v) is 12.9. The number of likely N-dealkylation sites (N-methyl/N-ethyl adjacent to an activating group) is 1. The molecule has 0 fully saturated rings. The van der Waals surface area contributed by atoms with Gasteiger partial charge in [-0.15, -0.1) is 0 Å². The van der Waals surface area contributed by atoms with Gasteiger partial charge >= 0.3 is 0 Å². The second kappa shape index (κ2) is 7.21. The minimum Gasteiger partial charge on any atom is -0.394 e. The van der Waals surface area contributed by atoms with Gasteiger partial charge in [0.2, 0.25) is 0 Å². The van der Waals surface area contributed by atoms with Crippen LogP contribution in [0.15, 0.2) is 24.3 Å². The van der Waals surface area contributed by atoms with Crippen molar-refractivity contribution in [2.45, 2.75) is 44.7 Å². The molecule has 1 heterocycles. The first-order valence-electron chi connectivity index (χ1n) is 7.82. The molecule has 1 aromatic carbocycles. The third kappa shape index (κ3) is 3.60. The Kier molecular flexibility index (Phi) is 5.58. The molecule has 0 spiro atoms. The smallest absolute Gasteiger partial charge is 0.0613 e. The van der Waals surface area contributed by atoms with Crippen LogP contribution in [0, 0.1) is 0 Å². The molecule has 1 aromatic rings. The second-order valence-electron chi connectivity index (χ2n) is 5.94. The molecule has 1 aliphatic heterocycles. The molecule has 0 radical (unpaired) electrons. The largest absolute Gasteiger partial charge is 0.394 e. The van der Waals surface area contributed by atoms with E-state index in [1.165, 1.54) is 17.5 Å². The summed E-state index contributed by atoms with van der Waals surface area (Å²) in [6.07, 6.45) is 4.32. The van der Waals surface area contributed by atoms with E-state index in [2.05, 4.69) is 41.4 Å². The normalized spacial score (nSPS) is 18.6. The predicted molar refractivity (Wildman–Crippen MR) is 83.8 cm³/mol. The Morgan fingerprint density at radius 3 is 2.70 bits per heavy atom. The van der Waals surface area contributed by atoms with Gasteiger partial charge in [0.25, 0.3) is 0 Å².